The fraction of sp³-hybridized carbons (Fsp3) is 0.917. The lowest BCUT2D eigenvalue weighted by molar-refractivity contribution is -0.134. The van der Waals surface area contributed by atoms with Crippen molar-refractivity contribution in [2.75, 3.05) is 20.1 Å². The molecule has 88 valence electrons. The van der Waals surface area contributed by atoms with Gasteiger partial charge in [-0.25, -0.2) is 0 Å². The Morgan fingerprint density at radius 3 is 2.20 bits per heavy atom. The average molecular weight is 212 g/mol. The Balaban J connectivity index is 2.40. The van der Waals surface area contributed by atoms with Crippen molar-refractivity contribution >= 4 is 5.91 Å². The molecule has 1 heterocycles. The van der Waals surface area contributed by atoms with Gasteiger partial charge in [-0.3, -0.25) is 4.79 Å². The van der Waals surface area contributed by atoms with Gasteiger partial charge >= 0.3 is 0 Å². The third-order valence-corrected chi connectivity index (χ3v) is 3.60. The predicted octanol–water partition coefficient (Wildman–Crippen LogP) is 1.49. The van der Waals surface area contributed by atoms with E-state index in [-0.39, 0.29) is 11.9 Å². The van der Waals surface area contributed by atoms with Gasteiger partial charge in [-0.05, 0) is 38.6 Å². The lowest BCUT2D eigenvalue weighted by Crippen LogP contribution is -2.47. The molecule has 1 aliphatic rings. The van der Waals surface area contributed by atoms with Crippen molar-refractivity contribution in [3.05, 3.63) is 0 Å². The Labute approximate surface area is 93.2 Å². The molecule has 3 nitrogen and oxygen atoms in total. The summed E-state index contributed by atoms with van der Waals surface area (Å²) >= 11 is 0. The lowest BCUT2D eigenvalue weighted by atomic mass is 9.86. The van der Waals surface area contributed by atoms with Crippen molar-refractivity contribution in [1.29, 1.82) is 0 Å². The molecule has 1 rings (SSSR count). The summed E-state index contributed by atoms with van der Waals surface area (Å²) in [6.45, 7) is 8.36. The monoisotopic (exact) mass is 212 g/mol. The summed E-state index contributed by atoms with van der Waals surface area (Å²) in [6.07, 6.45) is 2.33. The molecule has 0 aromatic rings. The number of nitrogens with one attached hydrogen (secondary N) is 1. The number of hydrogen-bond donors (Lipinski definition) is 1. The topological polar surface area (TPSA) is 32.3 Å². The van der Waals surface area contributed by atoms with Crippen LogP contribution in [-0.4, -0.2) is 37.0 Å². The number of hydrogen-bond acceptors (Lipinski definition) is 2. The molecule has 1 aliphatic heterocycles. The van der Waals surface area contributed by atoms with Crippen LogP contribution >= 0.6 is 0 Å². The van der Waals surface area contributed by atoms with Crippen molar-refractivity contribution in [3.8, 4) is 0 Å². The van der Waals surface area contributed by atoms with Crippen LogP contribution in [0.1, 0.15) is 33.6 Å². The summed E-state index contributed by atoms with van der Waals surface area (Å²) in [7, 11) is 1.84. The van der Waals surface area contributed by atoms with E-state index in [1.807, 2.05) is 18.9 Å². The Morgan fingerprint density at radius 2 is 1.80 bits per heavy atom. The highest BCUT2D eigenvalue weighted by Gasteiger charge is 2.26. The highest BCUT2D eigenvalue weighted by atomic mass is 16.2. The third-order valence-electron chi connectivity index (χ3n) is 3.60. The highest BCUT2D eigenvalue weighted by molar-refractivity contribution is 5.81. The van der Waals surface area contributed by atoms with Gasteiger partial charge in [-0.15, -0.1) is 0 Å². The molecule has 1 saturated heterocycles. The number of carbonyl (C=O) groups excluding carboxylic acids is 1. The van der Waals surface area contributed by atoms with Gasteiger partial charge in [-0.2, -0.15) is 0 Å². The number of amides is 1. The molecule has 0 saturated carbocycles. The molecule has 15 heavy (non-hydrogen) atoms. The van der Waals surface area contributed by atoms with E-state index < -0.39 is 0 Å². The Bertz CT molecular complexity index is 208. The first kappa shape index (κ1) is 12.5. The van der Waals surface area contributed by atoms with Gasteiger partial charge in [0.1, 0.15) is 0 Å². The Hall–Kier alpha value is -0.570. The molecular formula is C12H24N2O. The first-order chi connectivity index (χ1) is 7.06. The van der Waals surface area contributed by atoms with Crippen molar-refractivity contribution in [2.24, 2.45) is 11.8 Å². The van der Waals surface area contributed by atoms with Crippen LogP contribution in [0.4, 0.5) is 0 Å². The van der Waals surface area contributed by atoms with E-state index >= 15 is 0 Å². The SMILES string of the molecule is CNC(C)C(=O)N1CCC(C(C)C)CC1. The van der Waals surface area contributed by atoms with Gasteiger partial charge in [0.2, 0.25) is 5.91 Å². The van der Waals surface area contributed by atoms with Crippen molar-refractivity contribution < 1.29 is 4.79 Å². The largest absolute Gasteiger partial charge is 0.341 e. The molecule has 0 aromatic carbocycles. The van der Waals surface area contributed by atoms with Gasteiger partial charge in [0.25, 0.3) is 0 Å². The predicted molar refractivity (Wildman–Crippen MR) is 62.7 cm³/mol. The van der Waals surface area contributed by atoms with Crippen LogP contribution in [0.3, 0.4) is 0 Å². The van der Waals surface area contributed by atoms with Crippen LogP contribution < -0.4 is 5.32 Å². The fourth-order valence-corrected chi connectivity index (χ4v) is 2.18. The van der Waals surface area contributed by atoms with Crippen LogP contribution in [0.25, 0.3) is 0 Å². The number of rotatable bonds is 3. The van der Waals surface area contributed by atoms with Crippen LogP contribution in [0.5, 0.6) is 0 Å². The van der Waals surface area contributed by atoms with Gasteiger partial charge in [-0.1, -0.05) is 13.8 Å². The first-order valence-electron chi connectivity index (χ1n) is 6.02. The Kier molecular flexibility index (Phi) is 4.58. The minimum atomic E-state index is -0.0411. The van der Waals surface area contributed by atoms with E-state index in [0.717, 1.165) is 24.9 Å². The van der Waals surface area contributed by atoms with E-state index in [0.29, 0.717) is 0 Å². The van der Waals surface area contributed by atoms with Gasteiger partial charge in [0, 0.05) is 13.1 Å². The molecule has 0 spiro atoms. The number of piperidine rings is 1. The number of carbonyl (C=O) groups is 1. The van der Waals surface area contributed by atoms with E-state index in [1.54, 1.807) is 0 Å². The van der Waals surface area contributed by atoms with E-state index in [2.05, 4.69) is 19.2 Å². The number of likely N-dealkylation sites (N-methyl/N-ethyl adjacent to an activating group) is 1. The maximum atomic E-state index is 11.9. The lowest BCUT2D eigenvalue weighted by Gasteiger charge is -2.35. The van der Waals surface area contributed by atoms with E-state index in [1.165, 1.54) is 12.8 Å². The first-order valence-corrected chi connectivity index (χ1v) is 6.02. The maximum absolute atomic E-state index is 11.9. The third kappa shape index (κ3) is 3.20. The molecule has 1 unspecified atom stereocenters. The smallest absolute Gasteiger partial charge is 0.239 e. The molecular weight excluding hydrogens is 188 g/mol. The van der Waals surface area contributed by atoms with Gasteiger partial charge in [0.15, 0.2) is 0 Å². The molecule has 1 atom stereocenters. The second-order valence-corrected chi connectivity index (χ2v) is 4.92. The molecule has 3 heteroatoms. The summed E-state index contributed by atoms with van der Waals surface area (Å²) in [4.78, 5) is 13.9. The van der Waals surface area contributed by atoms with E-state index in [4.69, 9.17) is 0 Å². The normalized spacial score (nSPS) is 20.7. The molecule has 1 N–H and O–H groups in total. The summed E-state index contributed by atoms with van der Waals surface area (Å²) in [5, 5.41) is 3.00. The standard InChI is InChI=1S/C12H24N2O/c1-9(2)11-5-7-14(8-6-11)12(15)10(3)13-4/h9-11,13H,5-8H2,1-4H3. The summed E-state index contributed by atoms with van der Waals surface area (Å²) in [5.74, 6) is 1.81. The maximum Gasteiger partial charge on any atom is 0.239 e. The van der Waals surface area contributed by atoms with Crippen molar-refractivity contribution in [1.82, 2.24) is 10.2 Å². The zero-order chi connectivity index (χ0) is 11.4. The summed E-state index contributed by atoms with van der Waals surface area (Å²) < 4.78 is 0. The Morgan fingerprint density at radius 1 is 1.27 bits per heavy atom. The number of nitrogens with zero attached hydrogens (tertiary/aromatic N) is 1. The molecule has 0 radical (unpaired) electrons. The molecule has 1 fully saturated rings. The van der Waals surface area contributed by atoms with Crippen LogP contribution in [0, 0.1) is 11.8 Å². The van der Waals surface area contributed by atoms with Crippen molar-refractivity contribution in [2.45, 2.75) is 39.7 Å². The number of likely N-dealkylation sites (tertiary alicyclic amines) is 1. The quantitative estimate of drug-likeness (QED) is 0.768. The molecule has 0 aliphatic carbocycles. The van der Waals surface area contributed by atoms with Crippen LogP contribution in [0.2, 0.25) is 0 Å². The average Bonchev–Trinajstić information content (AvgIpc) is 2.27. The van der Waals surface area contributed by atoms with Crippen LogP contribution in [0.15, 0.2) is 0 Å². The fourth-order valence-electron chi connectivity index (χ4n) is 2.18. The zero-order valence-corrected chi connectivity index (χ0v) is 10.4. The van der Waals surface area contributed by atoms with Crippen LogP contribution in [-0.2, 0) is 4.79 Å². The van der Waals surface area contributed by atoms with Gasteiger partial charge < -0.3 is 10.2 Å². The zero-order valence-electron chi connectivity index (χ0n) is 10.4. The van der Waals surface area contributed by atoms with Crippen molar-refractivity contribution in [3.63, 3.8) is 0 Å². The molecule has 1 amide bonds. The minimum Gasteiger partial charge on any atom is -0.341 e. The highest BCUT2D eigenvalue weighted by Crippen LogP contribution is 2.24. The molecule has 0 aromatic heterocycles. The second kappa shape index (κ2) is 5.50. The van der Waals surface area contributed by atoms with E-state index in [9.17, 15) is 4.79 Å². The van der Waals surface area contributed by atoms with Gasteiger partial charge in [0.05, 0.1) is 6.04 Å². The summed E-state index contributed by atoms with van der Waals surface area (Å²) in [6, 6.07) is -0.0411. The minimum absolute atomic E-state index is 0.0411. The molecule has 0 bridgehead atoms. The summed E-state index contributed by atoms with van der Waals surface area (Å²) in [5.41, 5.74) is 0. The second-order valence-electron chi connectivity index (χ2n) is 4.92.